The summed E-state index contributed by atoms with van der Waals surface area (Å²) in [5, 5.41) is 4.18. The second kappa shape index (κ2) is 7.96. The minimum atomic E-state index is -0.464. The number of methoxy groups -OCH3 is 1. The van der Waals surface area contributed by atoms with Crippen molar-refractivity contribution in [1.82, 2.24) is 0 Å². The molecular formula is C23H20N2O3. The zero-order valence-electron chi connectivity index (χ0n) is 15.5. The molecule has 0 amide bonds. The van der Waals surface area contributed by atoms with Gasteiger partial charge in [-0.1, -0.05) is 41.6 Å². The summed E-state index contributed by atoms with van der Waals surface area (Å²) in [5.74, 6) is 0.302. The lowest BCUT2D eigenvalue weighted by Crippen LogP contribution is -2.28. The van der Waals surface area contributed by atoms with Crippen LogP contribution in [0.25, 0.3) is 0 Å². The number of para-hydroxylation sites is 1. The van der Waals surface area contributed by atoms with Crippen LogP contribution >= 0.6 is 0 Å². The highest BCUT2D eigenvalue weighted by Crippen LogP contribution is 2.36. The molecule has 1 aliphatic heterocycles. The molecule has 0 spiro atoms. The lowest BCUT2D eigenvalue weighted by atomic mass is 9.98. The third-order valence-electron chi connectivity index (χ3n) is 4.69. The number of ether oxygens (including phenoxy) is 1. The van der Waals surface area contributed by atoms with E-state index in [0.717, 1.165) is 34.9 Å². The van der Waals surface area contributed by atoms with E-state index in [1.165, 1.54) is 0 Å². The van der Waals surface area contributed by atoms with Gasteiger partial charge in [-0.25, -0.2) is 4.79 Å². The van der Waals surface area contributed by atoms with Gasteiger partial charge in [0.2, 0.25) is 0 Å². The first-order chi connectivity index (χ1) is 13.8. The Hall–Kier alpha value is -3.60. The normalized spacial score (nSPS) is 14.5. The van der Waals surface area contributed by atoms with Gasteiger partial charge in [-0.3, -0.25) is 0 Å². The second-order valence-electron chi connectivity index (χ2n) is 6.40. The van der Waals surface area contributed by atoms with Gasteiger partial charge < -0.3 is 14.5 Å². The van der Waals surface area contributed by atoms with E-state index in [1.807, 2.05) is 42.5 Å². The number of benzene rings is 3. The number of nitrogens with zero attached hydrogens (tertiary/aromatic N) is 2. The molecule has 5 heteroatoms. The highest BCUT2D eigenvalue weighted by Gasteiger charge is 2.24. The number of carbonyl (C=O) groups is 1. The molecule has 0 N–H and O–H groups in total. The molecule has 0 aliphatic carbocycles. The predicted molar refractivity (Wildman–Crippen MR) is 109 cm³/mol. The van der Waals surface area contributed by atoms with Crippen molar-refractivity contribution < 1.29 is 14.4 Å². The molecule has 4 rings (SSSR count). The summed E-state index contributed by atoms with van der Waals surface area (Å²) in [6, 6.07) is 24.9. The molecule has 0 saturated carbocycles. The quantitative estimate of drug-likeness (QED) is 0.488. The van der Waals surface area contributed by atoms with Crippen LogP contribution in [-0.2, 0) is 4.84 Å². The topological polar surface area (TPSA) is 51.1 Å². The van der Waals surface area contributed by atoms with Gasteiger partial charge in [0.1, 0.15) is 5.75 Å². The molecule has 3 aromatic rings. The highest BCUT2D eigenvalue weighted by molar-refractivity contribution is 6.08. The minimum Gasteiger partial charge on any atom is -0.497 e. The van der Waals surface area contributed by atoms with Gasteiger partial charge in [0.15, 0.2) is 0 Å². The van der Waals surface area contributed by atoms with Crippen LogP contribution in [0.15, 0.2) is 84.0 Å². The third-order valence-corrected chi connectivity index (χ3v) is 4.69. The average Bonchev–Trinajstić information content (AvgIpc) is 2.78. The first-order valence-corrected chi connectivity index (χ1v) is 9.10. The molecule has 3 aromatic carbocycles. The molecule has 0 bridgehead atoms. The lowest BCUT2D eigenvalue weighted by molar-refractivity contribution is 0.0515. The van der Waals surface area contributed by atoms with Gasteiger partial charge in [-0.15, -0.1) is 0 Å². The van der Waals surface area contributed by atoms with Crippen LogP contribution in [0, 0.1) is 0 Å². The Morgan fingerprint density at radius 3 is 2.39 bits per heavy atom. The molecule has 0 aromatic heterocycles. The third kappa shape index (κ3) is 3.60. The van der Waals surface area contributed by atoms with E-state index in [-0.39, 0.29) is 0 Å². The SMILES string of the molecule is COc1ccc2c(c1)N(c1ccccc1)CC/C2=N\OC(=O)c1ccccc1. The van der Waals surface area contributed by atoms with Gasteiger partial charge in [0.05, 0.1) is 24.1 Å². The Balaban J connectivity index is 1.66. The van der Waals surface area contributed by atoms with Gasteiger partial charge in [-0.05, 0) is 36.4 Å². The minimum absolute atomic E-state index is 0.464. The Morgan fingerprint density at radius 2 is 1.68 bits per heavy atom. The van der Waals surface area contributed by atoms with E-state index < -0.39 is 5.97 Å². The van der Waals surface area contributed by atoms with E-state index in [0.29, 0.717) is 12.0 Å². The number of hydrogen-bond acceptors (Lipinski definition) is 5. The highest BCUT2D eigenvalue weighted by atomic mass is 16.7. The zero-order chi connectivity index (χ0) is 19.3. The van der Waals surface area contributed by atoms with E-state index >= 15 is 0 Å². The van der Waals surface area contributed by atoms with Crippen molar-refractivity contribution in [3.05, 3.63) is 90.0 Å². The van der Waals surface area contributed by atoms with Gasteiger partial charge in [0, 0.05) is 30.3 Å². The molecule has 28 heavy (non-hydrogen) atoms. The van der Waals surface area contributed by atoms with Crippen LogP contribution in [0.1, 0.15) is 22.3 Å². The van der Waals surface area contributed by atoms with Gasteiger partial charge in [-0.2, -0.15) is 0 Å². The summed E-state index contributed by atoms with van der Waals surface area (Å²) in [6.45, 7) is 0.728. The molecule has 0 atom stereocenters. The molecule has 0 fully saturated rings. The van der Waals surface area contributed by atoms with Crippen LogP contribution in [0.3, 0.4) is 0 Å². The van der Waals surface area contributed by atoms with Crippen molar-refractivity contribution in [2.75, 3.05) is 18.6 Å². The summed E-state index contributed by atoms with van der Waals surface area (Å²) >= 11 is 0. The first kappa shape index (κ1) is 17.8. The van der Waals surface area contributed by atoms with E-state index in [4.69, 9.17) is 9.57 Å². The fourth-order valence-electron chi connectivity index (χ4n) is 3.27. The summed E-state index contributed by atoms with van der Waals surface area (Å²) in [6.07, 6.45) is 0.663. The van der Waals surface area contributed by atoms with Crippen LogP contribution < -0.4 is 9.64 Å². The Morgan fingerprint density at radius 1 is 0.964 bits per heavy atom. The fourth-order valence-corrected chi connectivity index (χ4v) is 3.27. The van der Waals surface area contributed by atoms with E-state index in [1.54, 1.807) is 31.4 Å². The molecule has 5 nitrogen and oxygen atoms in total. The molecule has 0 saturated heterocycles. The summed E-state index contributed by atoms with van der Waals surface area (Å²) in [7, 11) is 1.65. The number of hydrogen-bond donors (Lipinski definition) is 0. The van der Waals surface area contributed by atoms with Gasteiger partial charge >= 0.3 is 5.97 Å². The van der Waals surface area contributed by atoms with Crippen molar-refractivity contribution in [3.8, 4) is 5.75 Å². The number of oxime groups is 1. The largest absolute Gasteiger partial charge is 0.497 e. The van der Waals surface area contributed by atoms with Crippen molar-refractivity contribution in [2.45, 2.75) is 6.42 Å². The van der Waals surface area contributed by atoms with Crippen molar-refractivity contribution in [2.24, 2.45) is 5.16 Å². The van der Waals surface area contributed by atoms with E-state index in [9.17, 15) is 4.79 Å². The van der Waals surface area contributed by atoms with Crippen LogP contribution in [0.4, 0.5) is 11.4 Å². The van der Waals surface area contributed by atoms with Gasteiger partial charge in [0.25, 0.3) is 0 Å². The monoisotopic (exact) mass is 372 g/mol. The summed E-state index contributed by atoms with van der Waals surface area (Å²) in [4.78, 5) is 19.7. The van der Waals surface area contributed by atoms with Crippen LogP contribution in [0.2, 0.25) is 0 Å². The number of anilines is 2. The molecule has 1 heterocycles. The molecule has 0 radical (unpaired) electrons. The Labute approximate surface area is 163 Å². The van der Waals surface area contributed by atoms with Crippen molar-refractivity contribution >= 4 is 23.1 Å². The molecule has 0 unspecified atom stereocenters. The maximum atomic E-state index is 12.2. The lowest BCUT2D eigenvalue weighted by Gasteiger charge is -2.32. The molecule has 140 valence electrons. The van der Waals surface area contributed by atoms with Crippen LogP contribution in [-0.4, -0.2) is 25.3 Å². The standard InChI is InChI=1S/C23H20N2O3/c1-27-19-12-13-20-21(24-28-23(26)17-8-4-2-5-9-17)14-15-25(22(20)16-19)18-10-6-3-7-11-18/h2-13,16H,14-15H2,1H3/b24-21+. The predicted octanol–water partition coefficient (Wildman–Crippen LogP) is 4.80. The number of rotatable bonds is 4. The zero-order valence-corrected chi connectivity index (χ0v) is 15.5. The Bertz CT molecular complexity index is 1000. The second-order valence-corrected chi connectivity index (χ2v) is 6.40. The first-order valence-electron chi connectivity index (χ1n) is 9.10. The van der Waals surface area contributed by atoms with Crippen molar-refractivity contribution in [3.63, 3.8) is 0 Å². The molecular weight excluding hydrogens is 352 g/mol. The maximum Gasteiger partial charge on any atom is 0.365 e. The maximum absolute atomic E-state index is 12.2. The summed E-state index contributed by atoms with van der Waals surface area (Å²) in [5.41, 5.74) is 4.22. The fraction of sp³-hybridized carbons (Fsp3) is 0.130. The number of carbonyl (C=O) groups excluding carboxylic acids is 1. The Kier molecular flexibility index (Phi) is 5.06. The molecule has 1 aliphatic rings. The average molecular weight is 372 g/mol. The smallest absolute Gasteiger partial charge is 0.365 e. The van der Waals surface area contributed by atoms with Crippen molar-refractivity contribution in [1.29, 1.82) is 0 Å². The number of fused-ring (bicyclic) bond motifs is 1. The van der Waals surface area contributed by atoms with E-state index in [2.05, 4.69) is 22.2 Å². The summed E-state index contributed by atoms with van der Waals surface area (Å²) < 4.78 is 5.40. The van der Waals surface area contributed by atoms with Crippen LogP contribution in [0.5, 0.6) is 5.75 Å².